The van der Waals surface area contributed by atoms with Crippen molar-refractivity contribution in [2.24, 2.45) is 0 Å². The minimum absolute atomic E-state index is 0.0370. The molecule has 1 aliphatic carbocycles. The highest BCUT2D eigenvalue weighted by Crippen LogP contribution is 2.54. The minimum atomic E-state index is 0.0370. The fraction of sp³-hybridized carbons (Fsp3) is 0.400. The van der Waals surface area contributed by atoms with Crippen molar-refractivity contribution in [3.8, 4) is 62.9 Å². The third-order valence-electron chi connectivity index (χ3n) is 10.8. The summed E-state index contributed by atoms with van der Waals surface area (Å²) >= 11 is 0. The molecule has 0 aromatic heterocycles. The molecule has 0 spiro atoms. The SMILES string of the molecule is COc1cc(CC2c3cc(OC)c(OC)cc3CCN2C)c(Oc2cc3c(cc2OC)-c2c(O)c(OC)cc4c2C(C3)N(C)CC4)cc1OC. The fourth-order valence-corrected chi connectivity index (χ4v) is 8.02. The molecule has 2 unspecified atom stereocenters. The van der Waals surface area contributed by atoms with Gasteiger partial charge in [-0.15, -0.1) is 0 Å². The van der Waals surface area contributed by atoms with Gasteiger partial charge >= 0.3 is 0 Å². The van der Waals surface area contributed by atoms with Crippen LogP contribution in [-0.2, 0) is 25.7 Å². The molecule has 2 aliphatic heterocycles. The van der Waals surface area contributed by atoms with Crippen LogP contribution in [0.5, 0.6) is 51.7 Å². The molecule has 0 fully saturated rings. The van der Waals surface area contributed by atoms with E-state index < -0.39 is 0 Å². The van der Waals surface area contributed by atoms with Crippen LogP contribution in [0.1, 0.15) is 45.5 Å². The van der Waals surface area contributed by atoms with Gasteiger partial charge in [-0.1, -0.05) is 0 Å². The molecule has 2 atom stereocenters. The van der Waals surface area contributed by atoms with Crippen LogP contribution >= 0.6 is 0 Å². The molecule has 0 bridgehead atoms. The van der Waals surface area contributed by atoms with E-state index in [1.807, 2.05) is 24.3 Å². The Hall–Kier alpha value is -4.80. The van der Waals surface area contributed by atoms with Gasteiger partial charge in [-0.25, -0.2) is 0 Å². The van der Waals surface area contributed by atoms with E-state index in [0.29, 0.717) is 46.7 Å². The summed E-state index contributed by atoms with van der Waals surface area (Å²) in [4.78, 5) is 4.72. The zero-order valence-electron chi connectivity index (χ0n) is 30.1. The summed E-state index contributed by atoms with van der Waals surface area (Å²) in [6.45, 7) is 1.82. The molecule has 0 radical (unpaired) electrons. The van der Waals surface area contributed by atoms with E-state index in [9.17, 15) is 5.11 Å². The van der Waals surface area contributed by atoms with Crippen LogP contribution in [0.3, 0.4) is 0 Å². The smallest absolute Gasteiger partial charge is 0.169 e. The van der Waals surface area contributed by atoms with E-state index in [-0.39, 0.29) is 17.8 Å². The zero-order chi connectivity index (χ0) is 35.3. The Morgan fingerprint density at radius 3 is 1.86 bits per heavy atom. The van der Waals surface area contributed by atoms with Gasteiger partial charge in [0.15, 0.2) is 46.0 Å². The lowest BCUT2D eigenvalue weighted by molar-refractivity contribution is 0.226. The normalized spacial score (nSPS) is 18.0. The maximum atomic E-state index is 11.5. The van der Waals surface area contributed by atoms with E-state index in [2.05, 4.69) is 42.1 Å². The first-order valence-electron chi connectivity index (χ1n) is 16.9. The molecule has 4 aromatic carbocycles. The number of likely N-dealkylation sites (N-methyl/N-ethyl adjacent to an activating group) is 2. The first kappa shape index (κ1) is 33.7. The van der Waals surface area contributed by atoms with Crippen LogP contribution in [0.2, 0.25) is 0 Å². The number of methoxy groups -OCH3 is 6. The molecule has 50 heavy (non-hydrogen) atoms. The van der Waals surface area contributed by atoms with Crippen LogP contribution in [0, 0.1) is 0 Å². The second kappa shape index (κ2) is 13.5. The van der Waals surface area contributed by atoms with Crippen molar-refractivity contribution in [1.82, 2.24) is 9.80 Å². The van der Waals surface area contributed by atoms with Gasteiger partial charge in [0.1, 0.15) is 5.75 Å². The lowest BCUT2D eigenvalue weighted by atomic mass is 9.76. The maximum Gasteiger partial charge on any atom is 0.169 e. The molecule has 0 amide bonds. The monoisotopic (exact) mass is 682 g/mol. The molecule has 10 nitrogen and oxygen atoms in total. The van der Waals surface area contributed by atoms with Gasteiger partial charge in [0.25, 0.3) is 0 Å². The summed E-state index contributed by atoms with van der Waals surface area (Å²) in [5, 5.41) is 11.5. The molecule has 0 saturated carbocycles. The largest absolute Gasteiger partial charge is 0.504 e. The van der Waals surface area contributed by atoms with Gasteiger partial charge in [-0.3, -0.25) is 9.80 Å². The number of benzene rings is 4. The molecular weight excluding hydrogens is 636 g/mol. The predicted octanol–water partition coefficient (Wildman–Crippen LogP) is 6.76. The van der Waals surface area contributed by atoms with E-state index in [4.69, 9.17) is 33.2 Å². The number of nitrogens with zero attached hydrogens (tertiary/aromatic N) is 2. The highest BCUT2D eigenvalue weighted by atomic mass is 16.5. The quantitative estimate of drug-likeness (QED) is 0.194. The molecule has 4 aromatic rings. The molecular formula is C40H46N2O8. The number of fused-ring (bicyclic) bond motifs is 3. The van der Waals surface area contributed by atoms with Crippen LogP contribution in [-0.4, -0.2) is 84.7 Å². The van der Waals surface area contributed by atoms with Gasteiger partial charge in [0.05, 0.1) is 42.7 Å². The van der Waals surface area contributed by atoms with Crippen molar-refractivity contribution in [2.75, 3.05) is 69.8 Å². The van der Waals surface area contributed by atoms with Crippen molar-refractivity contribution in [1.29, 1.82) is 0 Å². The summed E-state index contributed by atoms with van der Waals surface area (Å²) in [5.74, 6) is 5.02. The third-order valence-corrected chi connectivity index (χ3v) is 10.8. The number of phenols is 1. The van der Waals surface area contributed by atoms with Gasteiger partial charge in [0, 0.05) is 42.4 Å². The van der Waals surface area contributed by atoms with Gasteiger partial charge in [-0.05, 0) is 110 Å². The van der Waals surface area contributed by atoms with Gasteiger partial charge in [0.2, 0.25) is 0 Å². The van der Waals surface area contributed by atoms with E-state index in [1.165, 1.54) is 16.7 Å². The summed E-state index contributed by atoms with van der Waals surface area (Å²) < 4.78 is 41.3. The van der Waals surface area contributed by atoms with Crippen LogP contribution in [0.15, 0.2) is 42.5 Å². The highest BCUT2D eigenvalue weighted by molar-refractivity contribution is 5.84. The number of phenolic OH excluding ortho intramolecular Hbond substituents is 1. The lowest BCUT2D eigenvalue weighted by Gasteiger charge is -2.40. The van der Waals surface area contributed by atoms with E-state index >= 15 is 0 Å². The van der Waals surface area contributed by atoms with Crippen molar-refractivity contribution < 1.29 is 38.3 Å². The lowest BCUT2D eigenvalue weighted by Crippen LogP contribution is -2.35. The number of rotatable bonds is 10. The summed E-state index contributed by atoms with van der Waals surface area (Å²) in [6.07, 6.45) is 3.21. The Labute approximate surface area is 294 Å². The Bertz CT molecular complexity index is 1940. The van der Waals surface area contributed by atoms with Crippen LogP contribution < -0.4 is 33.2 Å². The second-order valence-corrected chi connectivity index (χ2v) is 13.3. The molecule has 2 heterocycles. The summed E-state index contributed by atoms with van der Waals surface area (Å²) in [5.41, 5.74) is 8.54. The molecule has 264 valence electrons. The Morgan fingerprint density at radius 1 is 0.600 bits per heavy atom. The summed E-state index contributed by atoms with van der Waals surface area (Å²) in [7, 11) is 14.1. The average molecular weight is 683 g/mol. The molecule has 7 rings (SSSR count). The average Bonchev–Trinajstić information content (AvgIpc) is 3.14. The highest BCUT2D eigenvalue weighted by Gasteiger charge is 2.37. The third kappa shape index (κ3) is 5.60. The Morgan fingerprint density at radius 2 is 1.16 bits per heavy atom. The fourth-order valence-electron chi connectivity index (χ4n) is 8.02. The van der Waals surface area contributed by atoms with Crippen molar-refractivity contribution in [2.45, 2.75) is 37.8 Å². The molecule has 1 N–H and O–H groups in total. The van der Waals surface area contributed by atoms with E-state index in [0.717, 1.165) is 65.9 Å². The van der Waals surface area contributed by atoms with Crippen LogP contribution in [0.4, 0.5) is 0 Å². The standard InChI is InChI=1S/C40H46N2O8/c1-41-11-9-22-15-31(44-3)33(46-5)19-26(22)28(41)14-25-18-32(45-4)35(48-7)21-30(25)50-36-17-24-13-29-38-23(10-12-42(29)2)16-37(49-8)40(43)39(38)27(24)20-34(36)47-6/h15-21,28-29,43H,9-14H2,1-8H3. The first-order valence-corrected chi connectivity index (χ1v) is 16.9. The summed E-state index contributed by atoms with van der Waals surface area (Å²) in [6, 6.07) is 14.3. The van der Waals surface area contributed by atoms with Crippen molar-refractivity contribution >= 4 is 0 Å². The maximum absolute atomic E-state index is 11.5. The number of aromatic hydroxyl groups is 1. The topological polar surface area (TPSA) is 91.3 Å². The Kier molecular flexibility index (Phi) is 9.09. The van der Waals surface area contributed by atoms with Gasteiger partial charge in [-0.2, -0.15) is 0 Å². The first-order chi connectivity index (χ1) is 24.2. The number of hydrogen-bond donors (Lipinski definition) is 1. The van der Waals surface area contributed by atoms with Crippen molar-refractivity contribution in [3.05, 3.63) is 75.8 Å². The number of ether oxygens (including phenoxy) is 7. The molecule has 10 heteroatoms. The zero-order valence-corrected chi connectivity index (χ0v) is 30.1. The Balaban J connectivity index is 1.33. The van der Waals surface area contributed by atoms with Crippen LogP contribution in [0.25, 0.3) is 11.1 Å². The molecule has 0 saturated heterocycles. The predicted molar refractivity (Wildman–Crippen MR) is 191 cm³/mol. The number of hydrogen-bond acceptors (Lipinski definition) is 10. The van der Waals surface area contributed by atoms with Crippen molar-refractivity contribution in [3.63, 3.8) is 0 Å². The minimum Gasteiger partial charge on any atom is -0.504 e. The van der Waals surface area contributed by atoms with E-state index in [1.54, 1.807) is 42.7 Å². The van der Waals surface area contributed by atoms with Gasteiger partial charge < -0.3 is 38.3 Å². The molecule has 3 aliphatic rings. The second-order valence-electron chi connectivity index (χ2n) is 13.3.